The van der Waals surface area contributed by atoms with E-state index in [1.54, 1.807) is 0 Å². The van der Waals surface area contributed by atoms with Crippen LogP contribution in [0.5, 0.6) is 5.75 Å². The minimum Gasteiger partial charge on any atom is -0.493 e. The van der Waals surface area contributed by atoms with Gasteiger partial charge in [0, 0.05) is 0 Å². The number of aryl methyl sites for hydroxylation is 1. The van der Waals surface area contributed by atoms with Crippen molar-refractivity contribution in [2.75, 3.05) is 13.2 Å². The third-order valence-corrected chi connectivity index (χ3v) is 3.87. The van der Waals surface area contributed by atoms with Crippen molar-refractivity contribution in [1.82, 2.24) is 0 Å². The zero-order valence-corrected chi connectivity index (χ0v) is 13.0. The Hall–Kier alpha value is -1.54. The molecule has 2 aliphatic carbocycles. The number of hydrogen-bond acceptors (Lipinski definition) is 2. The topological polar surface area (TPSA) is 35.2 Å². The third kappa shape index (κ3) is 2.96. The lowest BCUT2D eigenvalue weighted by atomic mass is 10.0. The molecule has 2 aliphatic rings. The van der Waals surface area contributed by atoms with E-state index in [2.05, 4.69) is 52.0 Å². The summed E-state index contributed by atoms with van der Waals surface area (Å²) in [5.41, 5.74) is 12.0. The Morgan fingerprint density at radius 1 is 1.10 bits per heavy atom. The summed E-state index contributed by atoms with van der Waals surface area (Å²) in [6.45, 7) is 10.1. The van der Waals surface area contributed by atoms with Crippen LogP contribution < -0.4 is 10.5 Å². The molecule has 0 aromatic carbocycles. The van der Waals surface area contributed by atoms with E-state index >= 15 is 0 Å². The SMILES string of the molecule is Cc1ccc(C(C)C)cc2c(C)c(OCCCN)cc1-2. The molecule has 0 heterocycles. The highest BCUT2D eigenvalue weighted by molar-refractivity contribution is 5.78. The van der Waals surface area contributed by atoms with Crippen LogP contribution in [0, 0.1) is 13.8 Å². The van der Waals surface area contributed by atoms with Gasteiger partial charge in [0.25, 0.3) is 0 Å². The molecule has 0 amide bonds. The van der Waals surface area contributed by atoms with Crippen molar-refractivity contribution in [1.29, 1.82) is 0 Å². The largest absolute Gasteiger partial charge is 0.493 e. The molecular formula is C18H25NO. The maximum absolute atomic E-state index is 5.87. The molecule has 2 N–H and O–H groups in total. The first kappa shape index (κ1) is 14.9. The van der Waals surface area contributed by atoms with Gasteiger partial charge in [-0.3, -0.25) is 0 Å². The lowest BCUT2D eigenvalue weighted by Gasteiger charge is -2.05. The zero-order valence-electron chi connectivity index (χ0n) is 13.0. The maximum atomic E-state index is 5.87. The molecular weight excluding hydrogens is 246 g/mol. The molecule has 0 spiro atoms. The van der Waals surface area contributed by atoms with Gasteiger partial charge < -0.3 is 10.5 Å². The second-order valence-electron chi connectivity index (χ2n) is 5.77. The second-order valence-corrected chi connectivity index (χ2v) is 5.77. The Morgan fingerprint density at radius 2 is 1.85 bits per heavy atom. The van der Waals surface area contributed by atoms with Gasteiger partial charge in [0.15, 0.2) is 0 Å². The monoisotopic (exact) mass is 271 g/mol. The van der Waals surface area contributed by atoms with Crippen LogP contribution in [-0.4, -0.2) is 13.2 Å². The Labute approximate surface area is 122 Å². The van der Waals surface area contributed by atoms with Gasteiger partial charge in [0.2, 0.25) is 0 Å². The van der Waals surface area contributed by atoms with E-state index in [0.717, 1.165) is 12.2 Å². The first-order chi connectivity index (χ1) is 9.54. The van der Waals surface area contributed by atoms with E-state index in [-0.39, 0.29) is 0 Å². The molecule has 0 aliphatic heterocycles. The highest BCUT2D eigenvalue weighted by Gasteiger charge is 2.16. The summed E-state index contributed by atoms with van der Waals surface area (Å²) in [5, 5.41) is 0. The molecule has 0 aromatic rings. The van der Waals surface area contributed by atoms with E-state index in [0.29, 0.717) is 19.1 Å². The van der Waals surface area contributed by atoms with Gasteiger partial charge in [0.05, 0.1) is 6.61 Å². The fourth-order valence-electron chi connectivity index (χ4n) is 2.46. The van der Waals surface area contributed by atoms with Crippen LogP contribution >= 0.6 is 0 Å². The van der Waals surface area contributed by atoms with Crippen molar-refractivity contribution in [3.8, 4) is 16.9 Å². The molecule has 0 bridgehead atoms. The fraction of sp³-hybridized carbons (Fsp3) is 0.444. The minimum atomic E-state index is 0.529. The highest BCUT2D eigenvalue weighted by Crippen LogP contribution is 2.39. The van der Waals surface area contributed by atoms with Crippen LogP contribution in [0.3, 0.4) is 0 Å². The van der Waals surface area contributed by atoms with Crippen molar-refractivity contribution in [2.45, 2.75) is 40.0 Å². The summed E-state index contributed by atoms with van der Waals surface area (Å²) < 4.78 is 5.87. The van der Waals surface area contributed by atoms with Gasteiger partial charge in [-0.15, -0.1) is 0 Å². The van der Waals surface area contributed by atoms with Crippen molar-refractivity contribution in [3.05, 3.63) is 41.0 Å². The van der Waals surface area contributed by atoms with Crippen LogP contribution in [0.2, 0.25) is 0 Å². The fourth-order valence-corrected chi connectivity index (χ4v) is 2.46. The zero-order chi connectivity index (χ0) is 14.7. The van der Waals surface area contributed by atoms with Crippen molar-refractivity contribution in [2.24, 2.45) is 5.73 Å². The van der Waals surface area contributed by atoms with E-state index < -0.39 is 0 Å². The smallest absolute Gasteiger partial charge is 0.123 e. The average molecular weight is 271 g/mol. The predicted octanol–water partition coefficient (Wildman–Crippen LogP) is 4.26. The van der Waals surface area contributed by atoms with Crippen molar-refractivity contribution >= 4 is 0 Å². The molecule has 2 nitrogen and oxygen atoms in total. The molecule has 0 radical (unpaired) electrons. The third-order valence-electron chi connectivity index (χ3n) is 3.87. The summed E-state index contributed by atoms with van der Waals surface area (Å²) in [5.74, 6) is 1.53. The second kappa shape index (κ2) is 6.27. The number of ether oxygens (including phenoxy) is 1. The Morgan fingerprint density at radius 3 is 2.50 bits per heavy atom. The molecule has 108 valence electrons. The quantitative estimate of drug-likeness (QED) is 0.825. The molecule has 2 heteroatoms. The van der Waals surface area contributed by atoms with Crippen LogP contribution in [0.15, 0.2) is 24.3 Å². The number of rotatable bonds is 5. The molecule has 0 aromatic heterocycles. The van der Waals surface area contributed by atoms with Crippen molar-refractivity contribution in [3.63, 3.8) is 0 Å². The number of fused-ring (bicyclic) bond motifs is 1. The molecule has 0 unspecified atom stereocenters. The Bertz CT molecular complexity index is 560. The summed E-state index contributed by atoms with van der Waals surface area (Å²) >= 11 is 0. The van der Waals surface area contributed by atoms with Gasteiger partial charge in [-0.2, -0.15) is 0 Å². The molecule has 0 saturated carbocycles. The first-order valence-corrected chi connectivity index (χ1v) is 7.41. The summed E-state index contributed by atoms with van der Waals surface area (Å²) in [6, 6.07) is 8.91. The Kier molecular flexibility index (Phi) is 4.66. The van der Waals surface area contributed by atoms with Gasteiger partial charge in [-0.25, -0.2) is 0 Å². The van der Waals surface area contributed by atoms with E-state index in [1.807, 2.05) is 0 Å². The van der Waals surface area contributed by atoms with Crippen LogP contribution in [0.25, 0.3) is 11.1 Å². The van der Waals surface area contributed by atoms with Gasteiger partial charge in [0.1, 0.15) is 5.75 Å². The molecule has 2 rings (SSSR count). The van der Waals surface area contributed by atoms with Crippen LogP contribution in [0.1, 0.15) is 42.9 Å². The number of hydrogen-bond donors (Lipinski definition) is 1. The van der Waals surface area contributed by atoms with E-state index in [9.17, 15) is 0 Å². The molecule has 0 fully saturated rings. The van der Waals surface area contributed by atoms with Crippen LogP contribution in [-0.2, 0) is 0 Å². The normalized spacial score (nSPS) is 11.3. The van der Waals surface area contributed by atoms with Gasteiger partial charge in [-0.05, 0) is 66.6 Å². The molecule has 20 heavy (non-hydrogen) atoms. The molecule has 0 atom stereocenters. The van der Waals surface area contributed by atoms with E-state index in [4.69, 9.17) is 10.5 Å². The maximum Gasteiger partial charge on any atom is 0.123 e. The van der Waals surface area contributed by atoms with Crippen LogP contribution in [0.4, 0.5) is 0 Å². The summed E-state index contributed by atoms with van der Waals surface area (Å²) in [7, 11) is 0. The minimum absolute atomic E-state index is 0.529. The lowest BCUT2D eigenvalue weighted by molar-refractivity contribution is 0.312. The van der Waals surface area contributed by atoms with Gasteiger partial charge in [-0.1, -0.05) is 32.0 Å². The number of nitrogens with two attached hydrogens (primary N) is 1. The van der Waals surface area contributed by atoms with Crippen molar-refractivity contribution < 1.29 is 4.74 Å². The van der Waals surface area contributed by atoms with Gasteiger partial charge >= 0.3 is 0 Å². The summed E-state index contributed by atoms with van der Waals surface area (Å²) in [4.78, 5) is 0. The predicted molar refractivity (Wildman–Crippen MR) is 85.8 cm³/mol. The standard InChI is InChI=1S/C18H25NO/c1-12(2)15-7-6-13(3)16-11-18(20-9-5-8-19)14(4)17(16)10-15/h6-7,10-12H,5,8-9,19H2,1-4H3. The Balaban J connectivity index is 2.46. The summed E-state index contributed by atoms with van der Waals surface area (Å²) in [6.07, 6.45) is 0.894. The highest BCUT2D eigenvalue weighted by atomic mass is 16.5. The first-order valence-electron chi connectivity index (χ1n) is 7.41. The lowest BCUT2D eigenvalue weighted by Crippen LogP contribution is -2.06. The average Bonchev–Trinajstić information content (AvgIpc) is 2.61. The molecule has 0 saturated heterocycles. The van der Waals surface area contributed by atoms with E-state index in [1.165, 1.54) is 27.8 Å².